The quantitative estimate of drug-likeness (QED) is 0.459. The number of likely N-dealkylation sites (N-methyl/N-ethyl adjacent to an activating group) is 1. The summed E-state index contributed by atoms with van der Waals surface area (Å²) in [5.41, 5.74) is 3.87. The molecule has 0 spiro atoms. The van der Waals surface area contributed by atoms with Crippen LogP contribution >= 0.6 is 0 Å². The number of fused-ring (bicyclic) bond motifs is 1. The van der Waals surface area contributed by atoms with Gasteiger partial charge in [-0.1, -0.05) is 42.5 Å². The Kier molecular flexibility index (Phi) is 4.88. The van der Waals surface area contributed by atoms with Crippen molar-refractivity contribution in [2.75, 3.05) is 18.5 Å². The molecule has 27 heavy (non-hydrogen) atoms. The van der Waals surface area contributed by atoms with Crippen LogP contribution in [-0.2, 0) is 6.42 Å². The molecule has 0 aliphatic heterocycles. The molecular formula is C23H21FN2O. The summed E-state index contributed by atoms with van der Waals surface area (Å²) in [5.74, 6) is 0.603. The SMILES string of the molecule is CN(CC(Cc1nc2ccccc2o1)c1ccc(F)cc1)c1ccccc1. The summed E-state index contributed by atoms with van der Waals surface area (Å²) in [5, 5.41) is 0. The smallest absolute Gasteiger partial charge is 0.196 e. The highest BCUT2D eigenvalue weighted by Gasteiger charge is 2.19. The van der Waals surface area contributed by atoms with Crippen molar-refractivity contribution in [3.8, 4) is 0 Å². The maximum atomic E-state index is 13.4. The summed E-state index contributed by atoms with van der Waals surface area (Å²) in [4.78, 5) is 6.82. The molecular weight excluding hydrogens is 339 g/mol. The fraction of sp³-hybridized carbons (Fsp3) is 0.174. The van der Waals surface area contributed by atoms with Crippen LogP contribution in [0, 0.1) is 5.82 Å². The van der Waals surface area contributed by atoms with E-state index in [2.05, 4.69) is 29.1 Å². The number of hydrogen-bond donors (Lipinski definition) is 0. The van der Waals surface area contributed by atoms with E-state index >= 15 is 0 Å². The summed E-state index contributed by atoms with van der Waals surface area (Å²) in [6, 6.07) is 24.7. The molecule has 3 aromatic carbocycles. The molecule has 1 atom stereocenters. The Morgan fingerprint density at radius 1 is 0.926 bits per heavy atom. The van der Waals surface area contributed by atoms with Gasteiger partial charge in [0.05, 0.1) is 0 Å². The van der Waals surface area contributed by atoms with Crippen LogP contribution in [-0.4, -0.2) is 18.6 Å². The van der Waals surface area contributed by atoms with Crippen molar-refractivity contribution in [2.24, 2.45) is 0 Å². The van der Waals surface area contributed by atoms with E-state index in [0.717, 1.165) is 28.9 Å². The van der Waals surface area contributed by atoms with Gasteiger partial charge >= 0.3 is 0 Å². The van der Waals surface area contributed by atoms with Crippen LogP contribution in [0.4, 0.5) is 10.1 Å². The molecule has 3 nitrogen and oxygen atoms in total. The van der Waals surface area contributed by atoms with Crippen molar-refractivity contribution in [3.05, 3.63) is 96.1 Å². The Labute approximate surface area is 158 Å². The molecule has 0 radical (unpaired) electrons. The summed E-state index contributed by atoms with van der Waals surface area (Å²) in [6.45, 7) is 0.772. The van der Waals surface area contributed by atoms with Crippen LogP contribution in [0.25, 0.3) is 11.1 Å². The van der Waals surface area contributed by atoms with Crippen LogP contribution < -0.4 is 4.90 Å². The summed E-state index contributed by atoms with van der Waals surface area (Å²) in [7, 11) is 2.07. The van der Waals surface area contributed by atoms with Gasteiger partial charge in [0, 0.05) is 31.6 Å². The molecule has 1 heterocycles. The van der Waals surface area contributed by atoms with Gasteiger partial charge in [-0.15, -0.1) is 0 Å². The van der Waals surface area contributed by atoms with Crippen molar-refractivity contribution >= 4 is 16.8 Å². The highest BCUT2D eigenvalue weighted by Crippen LogP contribution is 2.26. The molecule has 0 saturated carbocycles. The van der Waals surface area contributed by atoms with Gasteiger partial charge in [-0.3, -0.25) is 0 Å². The third kappa shape index (κ3) is 4.00. The number of hydrogen-bond acceptors (Lipinski definition) is 3. The average molecular weight is 360 g/mol. The minimum atomic E-state index is -0.226. The summed E-state index contributed by atoms with van der Waals surface area (Å²) in [6.07, 6.45) is 0.650. The number of rotatable bonds is 6. The van der Waals surface area contributed by atoms with Gasteiger partial charge < -0.3 is 9.32 Å². The second-order valence-corrected chi connectivity index (χ2v) is 6.74. The molecule has 0 N–H and O–H groups in total. The normalized spacial score (nSPS) is 12.2. The lowest BCUT2D eigenvalue weighted by molar-refractivity contribution is 0.497. The molecule has 0 bridgehead atoms. The van der Waals surface area contributed by atoms with Gasteiger partial charge in [0.25, 0.3) is 0 Å². The van der Waals surface area contributed by atoms with Gasteiger partial charge in [0.15, 0.2) is 11.5 Å². The predicted octanol–water partition coefficient (Wildman–Crippen LogP) is 5.43. The monoisotopic (exact) mass is 360 g/mol. The van der Waals surface area contributed by atoms with E-state index in [1.54, 1.807) is 0 Å². The van der Waals surface area contributed by atoms with Crippen LogP contribution in [0.2, 0.25) is 0 Å². The second-order valence-electron chi connectivity index (χ2n) is 6.74. The summed E-state index contributed by atoms with van der Waals surface area (Å²) < 4.78 is 19.3. The van der Waals surface area contributed by atoms with Crippen LogP contribution in [0.3, 0.4) is 0 Å². The maximum Gasteiger partial charge on any atom is 0.196 e. The van der Waals surface area contributed by atoms with E-state index < -0.39 is 0 Å². The van der Waals surface area contributed by atoms with Crippen LogP contribution in [0.1, 0.15) is 17.4 Å². The molecule has 0 fully saturated rings. The Morgan fingerprint density at radius 2 is 1.63 bits per heavy atom. The van der Waals surface area contributed by atoms with Gasteiger partial charge in [-0.25, -0.2) is 9.37 Å². The maximum absolute atomic E-state index is 13.4. The molecule has 4 rings (SSSR count). The molecule has 4 aromatic rings. The fourth-order valence-electron chi connectivity index (χ4n) is 3.36. The van der Waals surface area contributed by atoms with Crippen molar-refractivity contribution < 1.29 is 8.81 Å². The largest absolute Gasteiger partial charge is 0.441 e. The number of para-hydroxylation sites is 3. The first kappa shape index (κ1) is 17.3. The first-order valence-electron chi connectivity index (χ1n) is 9.05. The molecule has 4 heteroatoms. The lowest BCUT2D eigenvalue weighted by atomic mass is 9.95. The topological polar surface area (TPSA) is 29.3 Å². The first-order chi connectivity index (χ1) is 13.2. The first-order valence-corrected chi connectivity index (χ1v) is 9.05. The van der Waals surface area contributed by atoms with Crippen molar-refractivity contribution in [3.63, 3.8) is 0 Å². The standard InChI is InChI=1S/C23H21FN2O/c1-26(20-7-3-2-4-8-20)16-18(17-11-13-19(24)14-12-17)15-23-25-21-9-5-6-10-22(21)27-23/h2-14,18H,15-16H2,1H3. The van der Waals surface area contributed by atoms with Crippen molar-refractivity contribution in [1.29, 1.82) is 0 Å². The molecule has 0 amide bonds. The van der Waals surface area contributed by atoms with E-state index in [4.69, 9.17) is 4.42 Å². The molecule has 136 valence electrons. The minimum Gasteiger partial charge on any atom is -0.441 e. The molecule has 0 saturated heterocycles. The number of benzene rings is 3. The van der Waals surface area contributed by atoms with Gasteiger partial charge in [-0.2, -0.15) is 0 Å². The van der Waals surface area contributed by atoms with Gasteiger partial charge in [0.2, 0.25) is 0 Å². The predicted molar refractivity (Wildman–Crippen MR) is 107 cm³/mol. The molecule has 1 aromatic heterocycles. The zero-order valence-electron chi connectivity index (χ0n) is 15.2. The number of aromatic nitrogens is 1. The number of nitrogens with zero attached hydrogens (tertiary/aromatic N) is 2. The van der Waals surface area contributed by atoms with E-state index in [1.165, 1.54) is 12.1 Å². The molecule has 1 unspecified atom stereocenters. The van der Waals surface area contributed by atoms with E-state index in [0.29, 0.717) is 12.3 Å². The third-order valence-electron chi connectivity index (χ3n) is 4.79. The lowest BCUT2D eigenvalue weighted by Gasteiger charge is -2.25. The average Bonchev–Trinajstić information content (AvgIpc) is 3.11. The lowest BCUT2D eigenvalue weighted by Crippen LogP contribution is -2.25. The molecule has 0 aliphatic rings. The number of anilines is 1. The third-order valence-corrected chi connectivity index (χ3v) is 4.79. The van der Waals surface area contributed by atoms with Gasteiger partial charge in [-0.05, 0) is 42.0 Å². The van der Waals surface area contributed by atoms with Crippen molar-refractivity contribution in [1.82, 2.24) is 4.98 Å². The number of halogens is 1. The minimum absolute atomic E-state index is 0.129. The fourth-order valence-corrected chi connectivity index (χ4v) is 3.36. The zero-order chi connectivity index (χ0) is 18.6. The van der Waals surface area contributed by atoms with E-state index in [-0.39, 0.29) is 11.7 Å². The summed E-state index contributed by atoms with van der Waals surface area (Å²) >= 11 is 0. The Bertz CT molecular complexity index is 978. The Morgan fingerprint density at radius 3 is 2.37 bits per heavy atom. The highest BCUT2D eigenvalue weighted by atomic mass is 19.1. The zero-order valence-corrected chi connectivity index (χ0v) is 15.2. The number of oxazole rings is 1. The highest BCUT2D eigenvalue weighted by molar-refractivity contribution is 5.72. The Balaban J connectivity index is 1.61. The van der Waals surface area contributed by atoms with E-state index in [1.807, 2.05) is 54.6 Å². The second kappa shape index (κ2) is 7.62. The van der Waals surface area contributed by atoms with E-state index in [9.17, 15) is 4.39 Å². The van der Waals surface area contributed by atoms with Crippen molar-refractivity contribution in [2.45, 2.75) is 12.3 Å². The van der Waals surface area contributed by atoms with Gasteiger partial charge in [0.1, 0.15) is 11.3 Å². The van der Waals surface area contributed by atoms with Crippen LogP contribution in [0.15, 0.2) is 83.3 Å². The molecule has 0 aliphatic carbocycles. The van der Waals surface area contributed by atoms with Crippen LogP contribution in [0.5, 0.6) is 0 Å². The Hall–Kier alpha value is -3.14.